The molecule has 0 radical (unpaired) electrons. The molecule has 112 valence electrons. The molecule has 0 amide bonds. The van der Waals surface area contributed by atoms with E-state index in [9.17, 15) is 0 Å². The van der Waals surface area contributed by atoms with Crippen molar-refractivity contribution in [3.05, 3.63) is 47.3 Å². The predicted octanol–water partition coefficient (Wildman–Crippen LogP) is 2.91. The molecular weight excluding hydrogens is 310 g/mol. The summed E-state index contributed by atoms with van der Waals surface area (Å²) in [5.41, 5.74) is 3.91. The minimum absolute atomic E-state index is 0.497. The zero-order valence-corrected chi connectivity index (χ0v) is 13.0. The van der Waals surface area contributed by atoms with Gasteiger partial charge >= 0.3 is 0 Å². The Balaban J connectivity index is 1.74. The van der Waals surface area contributed by atoms with Gasteiger partial charge in [0.1, 0.15) is 12.7 Å². The lowest BCUT2D eigenvalue weighted by atomic mass is 10.1. The van der Waals surface area contributed by atoms with Crippen LogP contribution in [0, 0.1) is 17.8 Å². The highest BCUT2D eigenvalue weighted by Gasteiger charge is 2.23. The lowest BCUT2D eigenvalue weighted by Gasteiger charge is -2.08. The third kappa shape index (κ3) is 2.07. The van der Waals surface area contributed by atoms with Crippen LogP contribution in [0.2, 0.25) is 5.15 Å². The quantitative estimate of drug-likeness (QED) is 0.468. The molecule has 23 heavy (non-hydrogen) atoms. The molecule has 0 saturated heterocycles. The second-order valence-corrected chi connectivity index (χ2v) is 6.23. The van der Waals surface area contributed by atoms with Crippen LogP contribution in [-0.2, 0) is 6.54 Å². The maximum atomic E-state index is 6.24. The first-order chi connectivity index (χ1) is 11.3. The molecule has 0 unspecified atom stereocenters. The lowest BCUT2D eigenvalue weighted by Crippen LogP contribution is -2.04. The molecule has 1 saturated carbocycles. The zero-order valence-electron chi connectivity index (χ0n) is 12.2. The molecule has 6 heteroatoms. The van der Waals surface area contributed by atoms with E-state index in [0.29, 0.717) is 17.6 Å². The van der Waals surface area contributed by atoms with Crippen LogP contribution in [0.3, 0.4) is 0 Å². The second-order valence-electron chi connectivity index (χ2n) is 5.87. The number of nitrogens with zero attached hydrogens (tertiary/aromatic N) is 5. The summed E-state index contributed by atoms with van der Waals surface area (Å²) in [7, 11) is 0. The molecule has 0 bridgehead atoms. The van der Waals surface area contributed by atoms with Gasteiger partial charge in [-0.2, -0.15) is 5.10 Å². The Morgan fingerprint density at radius 1 is 1.22 bits per heavy atom. The Labute approximate surface area is 137 Å². The molecule has 5 nitrogen and oxygen atoms in total. The van der Waals surface area contributed by atoms with E-state index in [1.54, 1.807) is 12.7 Å². The van der Waals surface area contributed by atoms with Crippen molar-refractivity contribution in [2.24, 2.45) is 5.92 Å². The Kier molecular flexibility index (Phi) is 2.64. The van der Waals surface area contributed by atoms with Crippen LogP contribution >= 0.6 is 11.6 Å². The van der Waals surface area contributed by atoms with E-state index in [-0.39, 0.29) is 0 Å². The van der Waals surface area contributed by atoms with Gasteiger partial charge in [-0.1, -0.05) is 23.4 Å². The normalized spacial score (nSPS) is 15.0. The summed E-state index contributed by atoms with van der Waals surface area (Å²) < 4.78 is 3.86. The van der Waals surface area contributed by atoms with E-state index < -0.39 is 0 Å². The minimum atomic E-state index is 0.497. The number of hydrogen-bond donors (Lipinski definition) is 0. The molecule has 1 aromatic carbocycles. The molecule has 5 rings (SSSR count). The number of rotatable bonds is 0. The second kappa shape index (κ2) is 4.71. The van der Waals surface area contributed by atoms with Gasteiger partial charge in [0, 0.05) is 17.0 Å². The molecule has 3 aromatic rings. The SMILES string of the molecule is Clc1ncn2c1Cn1ncnc1-c1cc(C#CC3CC3)ccc1-2. The summed E-state index contributed by atoms with van der Waals surface area (Å²) in [5, 5.41) is 4.82. The van der Waals surface area contributed by atoms with Gasteiger partial charge in [0.25, 0.3) is 0 Å². The van der Waals surface area contributed by atoms with Crippen LogP contribution < -0.4 is 0 Å². The van der Waals surface area contributed by atoms with E-state index >= 15 is 0 Å². The largest absolute Gasteiger partial charge is 0.299 e. The number of halogens is 1. The van der Waals surface area contributed by atoms with Gasteiger partial charge in [-0.05, 0) is 31.0 Å². The third-order valence-corrected chi connectivity index (χ3v) is 4.54. The third-order valence-electron chi connectivity index (χ3n) is 4.23. The standard InChI is InChI=1S/C17H12ClN5/c18-16-15-8-23-17(19-9-21-23)13-7-12(4-3-11-1-2-11)5-6-14(13)22(15)10-20-16/h5-7,9-11H,1-2,8H2. The average Bonchev–Trinajstić information content (AvgIpc) is 3.21. The maximum Gasteiger partial charge on any atom is 0.160 e. The van der Waals surface area contributed by atoms with Crippen molar-refractivity contribution < 1.29 is 0 Å². The molecule has 1 aliphatic heterocycles. The van der Waals surface area contributed by atoms with Crippen molar-refractivity contribution in [3.63, 3.8) is 0 Å². The Morgan fingerprint density at radius 2 is 2.13 bits per heavy atom. The van der Waals surface area contributed by atoms with Crippen LogP contribution in [0.1, 0.15) is 24.1 Å². The van der Waals surface area contributed by atoms with Gasteiger partial charge in [-0.15, -0.1) is 0 Å². The minimum Gasteiger partial charge on any atom is -0.299 e. The van der Waals surface area contributed by atoms with Crippen molar-refractivity contribution in [3.8, 4) is 28.9 Å². The van der Waals surface area contributed by atoms with Gasteiger partial charge < -0.3 is 0 Å². The maximum absolute atomic E-state index is 6.24. The van der Waals surface area contributed by atoms with Crippen LogP contribution in [-0.4, -0.2) is 24.3 Å². The fourth-order valence-electron chi connectivity index (χ4n) is 2.85. The number of fused-ring (bicyclic) bond motifs is 5. The number of aromatic nitrogens is 5. The fraction of sp³-hybridized carbons (Fsp3) is 0.235. The first-order valence-electron chi connectivity index (χ1n) is 7.55. The smallest absolute Gasteiger partial charge is 0.160 e. The Morgan fingerprint density at radius 3 is 3.00 bits per heavy atom. The summed E-state index contributed by atoms with van der Waals surface area (Å²) in [4.78, 5) is 8.65. The van der Waals surface area contributed by atoms with E-state index in [0.717, 1.165) is 28.3 Å². The highest BCUT2D eigenvalue weighted by atomic mass is 35.5. The van der Waals surface area contributed by atoms with Crippen molar-refractivity contribution in [2.75, 3.05) is 0 Å². The van der Waals surface area contributed by atoms with E-state index in [2.05, 4.69) is 39.0 Å². The molecular formula is C17H12ClN5. The van der Waals surface area contributed by atoms with Crippen molar-refractivity contribution >= 4 is 11.6 Å². The average molecular weight is 322 g/mol. The molecule has 1 fully saturated rings. The van der Waals surface area contributed by atoms with E-state index in [4.69, 9.17) is 11.6 Å². The number of imidazole rings is 1. The highest BCUT2D eigenvalue weighted by molar-refractivity contribution is 6.30. The van der Waals surface area contributed by atoms with Gasteiger partial charge in [0.2, 0.25) is 0 Å². The molecule has 0 N–H and O–H groups in total. The highest BCUT2D eigenvalue weighted by Crippen LogP contribution is 2.33. The van der Waals surface area contributed by atoms with Crippen molar-refractivity contribution in [1.82, 2.24) is 24.3 Å². The molecule has 3 heterocycles. The number of hydrogen-bond acceptors (Lipinski definition) is 3. The molecule has 2 aliphatic rings. The Hall–Kier alpha value is -2.58. The summed E-state index contributed by atoms with van der Waals surface area (Å²) in [6.07, 6.45) is 5.77. The van der Waals surface area contributed by atoms with Gasteiger partial charge in [-0.25, -0.2) is 14.6 Å². The molecule has 0 atom stereocenters. The molecule has 0 spiro atoms. The molecule has 1 aliphatic carbocycles. The van der Waals surface area contributed by atoms with Crippen molar-refractivity contribution in [2.45, 2.75) is 19.4 Å². The van der Waals surface area contributed by atoms with E-state index in [1.807, 2.05) is 15.3 Å². The summed E-state index contributed by atoms with van der Waals surface area (Å²) in [5.74, 6) is 7.98. The van der Waals surface area contributed by atoms with Crippen LogP contribution in [0.25, 0.3) is 17.1 Å². The van der Waals surface area contributed by atoms with Gasteiger partial charge in [0.05, 0.1) is 17.9 Å². The predicted molar refractivity (Wildman–Crippen MR) is 86.3 cm³/mol. The first kappa shape index (κ1) is 12.9. The summed E-state index contributed by atoms with van der Waals surface area (Å²) >= 11 is 6.24. The van der Waals surface area contributed by atoms with Crippen molar-refractivity contribution in [1.29, 1.82) is 0 Å². The van der Waals surface area contributed by atoms with Crippen LogP contribution in [0.4, 0.5) is 0 Å². The van der Waals surface area contributed by atoms with Gasteiger partial charge in [-0.3, -0.25) is 4.57 Å². The molecule has 2 aromatic heterocycles. The zero-order chi connectivity index (χ0) is 15.4. The Bertz CT molecular complexity index is 984. The fourth-order valence-corrected chi connectivity index (χ4v) is 3.04. The van der Waals surface area contributed by atoms with Gasteiger partial charge in [0.15, 0.2) is 11.0 Å². The summed E-state index contributed by atoms with van der Waals surface area (Å²) in [6, 6.07) is 6.17. The van der Waals surface area contributed by atoms with E-state index in [1.165, 1.54) is 12.8 Å². The first-order valence-corrected chi connectivity index (χ1v) is 7.93. The van der Waals surface area contributed by atoms with Crippen LogP contribution in [0.15, 0.2) is 30.9 Å². The monoisotopic (exact) mass is 321 g/mol. The van der Waals surface area contributed by atoms with Crippen LogP contribution in [0.5, 0.6) is 0 Å². The summed E-state index contributed by atoms with van der Waals surface area (Å²) in [6.45, 7) is 0.548. The lowest BCUT2D eigenvalue weighted by molar-refractivity contribution is 0.677. The topological polar surface area (TPSA) is 48.5 Å². The number of benzene rings is 1.